The second-order valence-corrected chi connectivity index (χ2v) is 6.03. The van der Waals surface area contributed by atoms with E-state index in [1.54, 1.807) is 6.07 Å². The van der Waals surface area contributed by atoms with Crippen molar-refractivity contribution < 1.29 is 8.42 Å². The minimum atomic E-state index is -3.45. The summed E-state index contributed by atoms with van der Waals surface area (Å²) in [6.45, 7) is 3.02. The van der Waals surface area contributed by atoms with Crippen LogP contribution >= 0.6 is 0 Å². The third-order valence-corrected chi connectivity index (χ3v) is 4.36. The number of hydrogen-bond donors (Lipinski definition) is 2. The number of rotatable bonds is 3. The van der Waals surface area contributed by atoms with Gasteiger partial charge in [0.05, 0.1) is 0 Å². The quantitative estimate of drug-likeness (QED) is 0.856. The van der Waals surface area contributed by atoms with E-state index in [9.17, 15) is 8.42 Å². The molecule has 0 amide bonds. The largest absolute Gasteiger partial charge is 0.302 e. The first kappa shape index (κ1) is 12.4. The van der Waals surface area contributed by atoms with E-state index in [-0.39, 0.29) is 0 Å². The smallest absolute Gasteiger partial charge is 0.281 e. The molecule has 0 saturated carbocycles. The molecular weight excluding hydrogens is 240 g/mol. The van der Waals surface area contributed by atoms with Gasteiger partial charge in [0, 0.05) is 24.8 Å². The lowest BCUT2D eigenvalue weighted by Crippen LogP contribution is -2.36. The zero-order valence-corrected chi connectivity index (χ0v) is 10.8. The van der Waals surface area contributed by atoms with Gasteiger partial charge in [-0.1, -0.05) is 12.8 Å². The highest BCUT2D eigenvalue weighted by Crippen LogP contribution is 2.15. The van der Waals surface area contributed by atoms with Crippen LogP contribution in [0.5, 0.6) is 0 Å². The lowest BCUT2D eigenvalue weighted by atomic mass is 10.2. The van der Waals surface area contributed by atoms with E-state index in [1.807, 2.05) is 6.92 Å². The van der Waals surface area contributed by atoms with Crippen molar-refractivity contribution in [2.45, 2.75) is 32.6 Å². The van der Waals surface area contributed by atoms with Crippen molar-refractivity contribution in [2.24, 2.45) is 0 Å². The molecule has 6 nitrogen and oxygen atoms in total. The second kappa shape index (κ2) is 5.05. The molecule has 1 saturated heterocycles. The van der Waals surface area contributed by atoms with Crippen molar-refractivity contribution in [1.29, 1.82) is 0 Å². The van der Waals surface area contributed by atoms with Gasteiger partial charge in [-0.3, -0.25) is 9.82 Å². The molecule has 1 aromatic heterocycles. The second-order valence-electron chi connectivity index (χ2n) is 4.36. The highest BCUT2D eigenvalue weighted by molar-refractivity contribution is 7.90. The Morgan fingerprint density at radius 1 is 1.29 bits per heavy atom. The van der Waals surface area contributed by atoms with Gasteiger partial charge in [0.2, 0.25) is 0 Å². The summed E-state index contributed by atoms with van der Waals surface area (Å²) in [5.41, 5.74) is 0.832. The van der Waals surface area contributed by atoms with E-state index < -0.39 is 10.2 Å². The van der Waals surface area contributed by atoms with E-state index in [0.717, 1.165) is 31.4 Å². The van der Waals surface area contributed by atoms with Gasteiger partial charge in [-0.2, -0.15) is 17.8 Å². The highest BCUT2D eigenvalue weighted by atomic mass is 32.2. The molecule has 1 aliphatic heterocycles. The summed E-state index contributed by atoms with van der Waals surface area (Å²) < 4.78 is 28.2. The summed E-state index contributed by atoms with van der Waals surface area (Å²) in [6, 6.07) is 1.68. The molecule has 0 unspecified atom stereocenters. The number of aromatic nitrogens is 2. The van der Waals surface area contributed by atoms with Crippen molar-refractivity contribution in [3.63, 3.8) is 0 Å². The van der Waals surface area contributed by atoms with Crippen LogP contribution < -0.4 is 4.72 Å². The summed E-state index contributed by atoms with van der Waals surface area (Å²) in [4.78, 5) is 0. The third kappa shape index (κ3) is 3.19. The molecule has 1 aliphatic rings. The SMILES string of the molecule is Cc1cc(NS(=O)(=O)N2CCCCCC2)n[nH]1. The summed E-state index contributed by atoms with van der Waals surface area (Å²) >= 11 is 0. The standard InChI is InChI=1S/C10H18N4O2S/c1-9-8-10(12-11-9)13-17(15,16)14-6-4-2-3-5-7-14/h8H,2-7H2,1H3,(H2,11,12,13). The number of aryl methyl sites for hydroxylation is 1. The molecule has 96 valence electrons. The van der Waals surface area contributed by atoms with Crippen LogP contribution in [-0.2, 0) is 10.2 Å². The first-order valence-electron chi connectivity index (χ1n) is 5.88. The fraction of sp³-hybridized carbons (Fsp3) is 0.700. The predicted molar refractivity (Wildman–Crippen MR) is 65.9 cm³/mol. The van der Waals surface area contributed by atoms with Crippen LogP contribution in [0.3, 0.4) is 0 Å². The number of anilines is 1. The van der Waals surface area contributed by atoms with Crippen molar-refractivity contribution in [3.8, 4) is 0 Å². The van der Waals surface area contributed by atoms with Crippen molar-refractivity contribution in [1.82, 2.24) is 14.5 Å². The van der Waals surface area contributed by atoms with Crippen LogP contribution in [0.1, 0.15) is 31.4 Å². The van der Waals surface area contributed by atoms with Crippen LogP contribution in [0.25, 0.3) is 0 Å². The molecule has 1 aromatic rings. The number of nitrogens with one attached hydrogen (secondary N) is 2. The third-order valence-electron chi connectivity index (χ3n) is 2.84. The Labute approximate surface area is 102 Å². The summed E-state index contributed by atoms with van der Waals surface area (Å²) in [6.07, 6.45) is 4.07. The molecule has 2 rings (SSSR count). The molecule has 0 atom stereocenters. The Bertz CT molecular complexity index is 460. The Kier molecular flexibility index (Phi) is 3.68. The Hall–Kier alpha value is -1.08. The van der Waals surface area contributed by atoms with Gasteiger partial charge in [0.25, 0.3) is 0 Å². The minimum Gasteiger partial charge on any atom is -0.281 e. The number of hydrogen-bond acceptors (Lipinski definition) is 3. The maximum absolute atomic E-state index is 12.1. The molecule has 1 fully saturated rings. The van der Waals surface area contributed by atoms with Gasteiger partial charge in [-0.05, 0) is 19.8 Å². The molecule has 0 aliphatic carbocycles. The molecule has 2 N–H and O–H groups in total. The van der Waals surface area contributed by atoms with E-state index in [0.29, 0.717) is 18.9 Å². The Morgan fingerprint density at radius 2 is 1.94 bits per heavy atom. The van der Waals surface area contributed by atoms with Crippen molar-refractivity contribution in [3.05, 3.63) is 11.8 Å². The van der Waals surface area contributed by atoms with Gasteiger partial charge in [-0.15, -0.1) is 0 Å². The minimum absolute atomic E-state index is 0.353. The van der Waals surface area contributed by atoms with Gasteiger partial charge >= 0.3 is 10.2 Å². The van der Waals surface area contributed by atoms with Gasteiger partial charge < -0.3 is 0 Å². The lowest BCUT2D eigenvalue weighted by molar-refractivity contribution is 0.427. The summed E-state index contributed by atoms with van der Waals surface area (Å²) in [5, 5.41) is 6.59. The summed E-state index contributed by atoms with van der Waals surface area (Å²) in [5.74, 6) is 0.353. The Morgan fingerprint density at radius 3 is 2.47 bits per heavy atom. The fourth-order valence-corrected chi connectivity index (χ4v) is 3.19. The molecular formula is C10H18N4O2S. The van der Waals surface area contributed by atoms with Gasteiger partial charge in [0.15, 0.2) is 5.82 Å². The predicted octanol–water partition coefficient (Wildman–Crippen LogP) is 1.25. The van der Waals surface area contributed by atoms with E-state index in [4.69, 9.17) is 0 Å². The van der Waals surface area contributed by atoms with Crippen LogP contribution in [0, 0.1) is 6.92 Å². The van der Waals surface area contributed by atoms with Crippen LogP contribution in [0.4, 0.5) is 5.82 Å². The monoisotopic (exact) mass is 258 g/mol. The van der Waals surface area contributed by atoms with Gasteiger partial charge in [-0.25, -0.2) is 0 Å². The summed E-state index contributed by atoms with van der Waals surface area (Å²) in [7, 11) is -3.45. The van der Waals surface area contributed by atoms with Crippen LogP contribution in [-0.4, -0.2) is 36.0 Å². The van der Waals surface area contributed by atoms with E-state index in [1.165, 1.54) is 4.31 Å². The first-order valence-corrected chi connectivity index (χ1v) is 7.32. The maximum atomic E-state index is 12.1. The fourth-order valence-electron chi connectivity index (χ4n) is 1.95. The van der Waals surface area contributed by atoms with Crippen molar-refractivity contribution >= 4 is 16.0 Å². The molecule has 0 aromatic carbocycles. The first-order chi connectivity index (χ1) is 8.08. The maximum Gasteiger partial charge on any atom is 0.302 e. The molecule has 0 radical (unpaired) electrons. The van der Waals surface area contributed by atoms with Crippen molar-refractivity contribution in [2.75, 3.05) is 17.8 Å². The molecule has 0 bridgehead atoms. The number of aromatic amines is 1. The van der Waals surface area contributed by atoms with E-state index in [2.05, 4.69) is 14.9 Å². The highest BCUT2D eigenvalue weighted by Gasteiger charge is 2.23. The van der Waals surface area contributed by atoms with Gasteiger partial charge in [0.1, 0.15) is 0 Å². The number of nitrogens with zero attached hydrogens (tertiary/aromatic N) is 2. The average Bonchev–Trinajstić information content (AvgIpc) is 2.56. The number of H-pyrrole nitrogens is 1. The average molecular weight is 258 g/mol. The van der Waals surface area contributed by atoms with Crippen LogP contribution in [0.15, 0.2) is 6.07 Å². The normalized spacial score (nSPS) is 18.9. The van der Waals surface area contributed by atoms with E-state index >= 15 is 0 Å². The Balaban J connectivity index is 2.07. The molecule has 17 heavy (non-hydrogen) atoms. The topological polar surface area (TPSA) is 78.1 Å². The molecule has 0 spiro atoms. The molecule has 2 heterocycles. The zero-order valence-electron chi connectivity index (χ0n) is 9.94. The zero-order chi connectivity index (χ0) is 12.3. The molecule has 7 heteroatoms. The lowest BCUT2D eigenvalue weighted by Gasteiger charge is -2.19. The van der Waals surface area contributed by atoms with Crippen LogP contribution in [0.2, 0.25) is 0 Å².